The lowest BCUT2D eigenvalue weighted by atomic mass is 10.0. The Hall–Kier alpha value is -3.23. The van der Waals surface area contributed by atoms with Crippen LogP contribution in [0, 0.1) is 0 Å². The van der Waals surface area contributed by atoms with E-state index in [2.05, 4.69) is 20.2 Å². The summed E-state index contributed by atoms with van der Waals surface area (Å²) in [5.74, 6) is 0.616. The van der Waals surface area contributed by atoms with Crippen LogP contribution in [0.2, 0.25) is 0 Å². The van der Waals surface area contributed by atoms with Gasteiger partial charge in [-0.2, -0.15) is 4.98 Å². The number of rotatable bonds is 7. The van der Waals surface area contributed by atoms with E-state index in [4.69, 9.17) is 15.2 Å². The molecule has 0 saturated carbocycles. The fraction of sp³-hybridized carbons (Fsp3) is 0.400. The van der Waals surface area contributed by atoms with E-state index in [9.17, 15) is 4.79 Å². The molecule has 3 heterocycles. The summed E-state index contributed by atoms with van der Waals surface area (Å²) in [6.07, 6.45) is 3.31. The average molecular weight is 448 g/mol. The fourth-order valence-corrected chi connectivity index (χ4v) is 4.40. The van der Waals surface area contributed by atoms with Crippen molar-refractivity contribution in [3.8, 4) is 17.0 Å². The lowest BCUT2D eigenvalue weighted by molar-refractivity contribution is 0.0950. The van der Waals surface area contributed by atoms with Crippen molar-refractivity contribution in [1.29, 1.82) is 0 Å². The number of carbonyl (C=O) groups excluding carboxylic acids is 1. The zero-order valence-corrected chi connectivity index (χ0v) is 18.6. The molecule has 5 rings (SSSR count). The predicted octanol–water partition coefficient (Wildman–Crippen LogP) is 2.87. The Morgan fingerprint density at radius 2 is 1.91 bits per heavy atom. The first kappa shape index (κ1) is 21.6. The van der Waals surface area contributed by atoms with Crippen molar-refractivity contribution < 1.29 is 14.3 Å². The van der Waals surface area contributed by atoms with Crippen molar-refractivity contribution in [3.05, 3.63) is 48.0 Å². The number of benzene rings is 2. The van der Waals surface area contributed by atoms with Crippen LogP contribution in [-0.4, -0.2) is 66.3 Å². The van der Waals surface area contributed by atoms with Crippen LogP contribution in [0.15, 0.2) is 42.5 Å². The molecule has 3 aromatic rings. The third-order valence-electron chi connectivity index (χ3n) is 6.24. The molecule has 2 saturated heterocycles. The molecule has 2 fully saturated rings. The second-order valence-electron chi connectivity index (χ2n) is 8.60. The number of fused-ring (bicyclic) bond motifs is 1. The molecule has 8 heteroatoms. The molecule has 3 N–H and O–H groups in total. The van der Waals surface area contributed by atoms with Crippen molar-refractivity contribution in [2.45, 2.75) is 25.4 Å². The van der Waals surface area contributed by atoms with Gasteiger partial charge in [0.05, 0.1) is 24.1 Å². The highest BCUT2D eigenvalue weighted by Gasteiger charge is 2.20. The average Bonchev–Trinajstić information content (AvgIpc) is 3.53. The van der Waals surface area contributed by atoms with Gasteiger partial charge in [0, 0.05) is 25.1 Å². The van der Waals surface area contributed by atoms with E-state index < -0.39 is 0 Å². The number of nitrogens with zero attached hydrogens (tertiary/aromatic N) is 3. The predicted molar refractivity (Wildman–Crippen MR) is 127 cm³/mol. The zero-order chi connectivity index (χ0) is 22.6. The monoisotopic (exact) mass is 447 g/mol. The number of hydrogen-bond acceptors (Lipinski definition) is 7. The number of carbonyl (C=O) groups is 1. The molecule has 0 radical (unpaired) electrons. The number of ether oxygens (including phenoxy) is 2. The molecular weight excluding hydrogens is 418 g/mol. The Balaban J connectivity index is 1.31. The Morgan fingerprint density at radius 3 is 2.67 bits per heavy atom. The van der Waals surface area contributed by atoms with Crippen LogP contribution in [0.3, 0.4) is 0 Å². The van der Waals surface area contributed by atoms with E-state index in [0.717, 1.165) is 48.1 Å². The maximum absolute atomic E-state index is 12.5. The molecular formula is C25H29N5O3. The summed E-state index contributed by atoms with van der Waals surface area (Å²) in [4.78, 5) is 23.6. The van der Waals surface area contributed by atoms with Crippen LogP contribution < -0.4 is 15.8 Å². The molecule has 172 valence electrons. The summed E-state index contributed by atoms with van der Waals surface area (Å²) in [7, 11) is 0. The molecule has 0 bridgehead atoms. The number of nitrogens with two attached hydrogens (primary N) is 1. The lowest BCUT2D eigenvalue weighted by Crippen LogP contribution is -2.33. The summed E-state index contributed by atoms with van der Waals surface area (Å²) in [5.41, 5.74) is 9.26. The van der Waals surface area contributed by atoms with Crippen molar-refractivity contribution in [3.63, 3.8) is 0 Å². The number of nitrogens with one attached hydrogen (secondary N) is 1. The van der Waals surface area contributed by atoms with E-state index in [1.54, 1.807) is 0 Å². The van der Waals surface area contributed by atoms with E-state index in [-0.39, 0.29) is 18.0 Å². The minimum absolute atomic E-state index is 0.0329. The summed E-state index contributed by atoms with van der Waals surface area (Å²) in [6.45, 7) is 5.08. The molecule has 1 aromatic heterocycles. The van der Waals surface area contributed by atoms with Gasteiger partial charge in [-0.25, -0.2) is 4.98 Å². The SMILES string of the molecule is Nc1nc(OC2CCOC2)c2cc(-c3ccc(C(=O)NCCN4CCCC4)cc3)ccc2n1. The highest BCUT2D eigenvalue weighted by Crippen LogP contribution is 2.30. The quantitative estimate of drug-likeness (QED) is 0.574. The third-order valence-corrected chi connectivity index (χ3v) is 6.24. The molecule has 0 aliphatic carbocycles. The molecule has 1 unspecified atom stereocenters. The van der Waals surface area contributed by atoms with Crippen LogP contribution in [-0.2, 0) is 4.74 Å². The minimum atomic E-state index is -0.0439. The van der Waals surface area contributed by atoms with Crippen molar-refractivity contribution >= 4 is 22.8 Å². The van der Waals surface area contributed by atoms with Gasteiger partial charge in [0.25, 0.3) is 5.91 Å². The van der Waals surface area contributed by atoms with Crippen molar-refractivity contribution in [1.82, 2.24) is 20.2 Å². The molecule has 0 spiro atoms. The lowest BCUT2D eigenvalue weighted by Gasteiger charge is -2.15. The Labute approximate surface area is 193 Å². The van der Waals surface area contributed by atoms with Crippen LogP contribution >= 0.6 is 0 Å². The molecule has 33 heavy (non-hydrogen) atoms. The van der Waals surface area contributed by atoms with Crippen LogP contribution in [0.4, 0.5) is 5.95 Å². The summed E-state index contributed by atoms with van der Waals surface area (Å²) in [5, 5.41) is 3.82. The van der Waals surface area contributed by atoms with Crippen molar-refractivity contribution in [2.75, 3.05) is 45.1 Å². The number of hydrogen-bond donors (Lipinski definition) is 2. The summed E-state index contributed by atoms with van der Waals surface area (Å²) in [6, 6.07) is 13.5. The fourth-order valence-electron chi connectivity index (χ4n) is 4.40. The van der Waals surface area contributed by atoms with Gasteiger partial charge in [-0.15, -0.1) is 0 Å². The smallest absolute Gasteiger partial charge is 0.251 e. The summed E-state index contributed by atoms with van der Waals surface area (Å²) < 4.78 is 11.5. The number of anilines is 1. The number of aromatic nitrogens is 2. The first-order valence-corrected chi connectivity index (χ1v) is 11.6. The molecule has 1 atom stereocenters. The normalized spacial score (nSPS) is 18.6. The largest absolute Gasteiger partial charge is 0.471 e. The van der Waals surface area contributed by atoms with Gasteiger partial charge in [-0.05, 0) is 61.3 Å². The van der Waals surface area contributed by atoms with Gasteiger partial charge in [0.1, 0.15) is 6.10 Å². The number of nitrogen functional groups attached to an aromatic ring is 1. The highest BCUT2D eigenvalue weighted by molar-refractivity contribution is 5.95. The molecule has 8 nitrogen and oxygen atoms in total. The van der Waals surface area contributed by atoms with Crippen LogP contribution in [0.1, 0.15) is 29.6 Å². The molecule has 2 aliphatic rings. The minimum Gasteiger partial charge on any atom is -0.471 e. The van der Waals surface area contributed by atoms with Gasteiger partial charge in [0.15, 0.2) is 0 Å². The Kier molecular flexibility index (Phi) is 6.37. The van der Waals surface area contributed by atoms with Gasteiger partial charge < -0.3 is 25.4 Å². The first-order valence-electron chi connectivity index (χ1n) is 11.6. The molecule has 2 aromatic carbocycles. The van der Waals surface area contributed by atoms with Gasteiger partial charge in [-0.1, -0.05) is 18.2 Å². The van der Waals surface area contributed by atoms with Crippen LogP contribution in [0.25, 0.3) is 22.0 Å². The Bertz CT molecular complexity index is 1120. The van der Waals surface area contributed by atoms with Gasteiger partial charge in [0.2, 0.25) is 11.8 Å². The van der Waals surface area contributed by atoms with Crippen molar-refractivity contribution in [2.24, 2.45) is 0 Å². The zero-order valence-electron chi connectivity index (χ0n) is 18.6. The second-order valence-corrected chi connectivity index (χ2v) is 8.60. The molecule has 2 aliphatic heterocycles. The van der Waals surface area contributed by atoms with Gasteiger partial charge in [-0.3, -0.25) is 4.79 Å². The van der Waals surface area contributed by atoms with E-state index >= 15 is 0 Å². The first-order chi connectivity index (χ1) is 16.2. The second kappa shape index (κ2) is 9.72. The van der Waals surface area contributed by atoms with Gasteiger partial charge >= 0.3 is 0 Å². The molecule has 1 amide bonds. The van der Waals surface area contributed by atoms with Crippen LogP contribution in [0.5, 0.6) is 5.88 Å². The third kappa shape index (κ3) is 5.07. The van der Waals surface area contributed by atoms with E-state index in [1.165, 1.54) is 12.8 Å². The number of likely N-dealkylation sites (tertiary alicyclic amines) is 1. The Morgan fingerprint density at radius 1 is 1.12 bits per heavy atom. The topological polar surface area (TPSA) is 103 Å². The maximum Gasteiger partial charge on any atom is 0.251 e. The van der Waals surface area contributed by atoms with E-state index in [0.29, 0.717) is 31.2 Å². The highest BCUT2D eigenvalue weighted by atomic mass is 16.5. The van der Waals surface area contributed by atoms with E-state index in [1.807, 2.05) is 42.5 Å². The standard InChI is InChI=1S/C25H29N5O3/c26-25-28-22-8-7-19(15-21(22)24(29-25)33-20-9-14-32-16-20)17-3-5-18(6-4-17)23(31)27-10-13-30-11-1-2-12-30/h3-8,15,20H,1-2,9-14,16H2,(H,27,31)(H2,26,28,29). The summed E-state index contributed by atoms with van der Waals surface area (Å²) >= 11 is 0. The number of amides is 1. The maximum atomic E-state index is 12.5.